The van der Waals surface area contributed by atoms with Gasteiger partial charge in [0.2, 0.25) is 10.0 Å². The maximum absolute atomic E-state index is 13.1. The zero-order chi connectivity index (χ0) is 21.9. The Balaban J connectivity index is 2.45. The minimum Gasteiger partial charge on any atom is -0.493 e. The van der Waals surface area contributed by atoms with Gasteiger partial charge < -0.3 is 14.4 Å². The molecule has 0 aliphatic heterocycles. The molecule has 2 aromatic rings. The zero-order valence-electron chi connectivity index (χ0n) is 17.3. The van der Waals surface area contributed by atoms with Crippen LogP contribution in [0.1, 0.15) is 24.2 Å². The quantitative estimate of drug-likeness (QED) is 0.656. The van der Waals surface area contributed by atoms with Gasteiger partial charge in [-0.1, -0.05) is 11.6 Å². The summed E-state index contributed by atoms with van der Waals surface area (Å²) in [6.07, 6.45) is 0. The number of carbonyl (C=O) groups excluding carboxylic acids is 1. The second-order valence-electron chi connectivity index (χ2n) is 6.66. The molecule has 0 aliphatic rings. The molecule has 9 heteroatoms. The largest absolute Gasteiger partial charge is 0.493 e. The minimum atomic E-state index is -3.75. The van der Waals surface area contributed by atoms with Crippen molar-refractivity contribution in [2.24, 2.45) is 0 Å². The predicted octanol–water partition coefficient (Wildman–Crippen LogP) is 3.66. The maximum atomic E-state index is 13.1. The van der Waals surface area contributed by atoms with Gasteiger partial charge in [-0.15, -0.1) is 0 Å². The summed E-state index contributed by atoms with van der Waals surface area (Å²) in [6, 6.07) is 8.90. The summed E-state index contributed by atoms with van der Waals surface area (Å²) in [6.45, 7) is 3.54. The van der Waals surface area contributed by atoms with Gasteiger partial charge >= 0.3 is 0 Å². The van der Waals surface area contributed by atoms with Gasteiger partial charge in [0.25, 0.3) is 5.91 Å². The number of sulfonamides is 1. The molecule has 0 unspecified atom stereocenters. The van der Waals surface area contributed by atoms with E-state index in [1.807, 2.05) is 0 Å². The number of hydrogen-bond acceptors (Lipinski definition) is 5. The third-order valence-electron chi connectivity index (χ3n) is 4.63. The van der Waals surface area contributed by atoms with Crippen LogP contribution >= 0.6 is 11.6 Å². The Morgan fingerprint density at radius 2 is 1.62 bits per heavy atom. The number of ether oxygens (including phenoxy) is 2. The first-order valence-corrected chi connectivity index (χ1v) is 10.6. The van der Waals surface area contributed by atoms with E-state index in [-0.39, 0.29) is 21.5 Å². The number of nitrogens with zero attached hydrogens (tertiary/aromatic N) is 2. The lowest BCUT2D eigenvalue weighted by atomic mass is 10.2. The van der Waals surface area contributed by atoms with E-state index >= 15 is 0 Å². The summed E-state index contributed by atoms with van der Waals surface area (Å²) in [5.41, 5.74) is 0.624. The van der Waals surface area contributed by atoms with Gasteiger partial charge in [-0.05, 0) is 44.2 Å². The number of carbonyl (C=O) groups is 1. The molecule has 0 saturated carbocycles. The van der Waals surface area contributed by atoms with E-state index in [1.54, 1.807) is 39.1 Å². The van der Waals surface area contributed by atoms with E-state index in [1.165, 1.54) is 48.7 Å². The number of hydrogen-bond donors (Lipinski definition) is 0. The molecule has 0 fully saturated rings. The number of anilines is 1. The predicted molar refractivity (Wildman–Crippen MR) is 114 cm³/mol. The molecule has 0 N–H and O–H groups in total. The normalized spacial score (nSPS) is 11.6. The number of methoxy groups -OCH3 is 2. The molecular weight excluding hydrogens is 416 g/mol. The number of halogens is 1. The molecule has 7 nitrogen and oxygen atoms in total. The number of benzene rings is 2. The molecule has 29 heavy (non-hydrogen) atoms. The van der Waals surface area contributed by atoms with Crippen molar-refractivity contribution in [3.8, 4) is 11.5 Å². The van der Waals surface area contributed by atoms with Crippen molar-refractivity contribution in [3.63, 3.8) is 0 Å². The minimum absolute atomic E-state index is 0.00200. The Bertz CT molecular complexity index is 1010. The monoisotopic (exact) mass is 440 g/mol. The van der Waals surface area contributed by atoms with E-state index in [2.05, 4.69) is 0 Å². The molecule has 0 radical (unpaired) electrons. The van der Waals surface area contributed by atoms with Crippen molar-refractivity contribution >= 4 is 33.2 Å². The van der Waals surface area contributed by atoms with Crippen LogP contribution in [0.4, 0.5) is 5.69 Å². The fraction of sp³-hybridized carbons (Fsp3) is 0.350. The average molecular weight is 441 g/mol. The molecule has 0 spiro atoms. The lowest BCUT2D eigenvalue weighted by molar-refractivity contribution is 0.0993. The van der Waals surface area contributed by atoms with Crippen LogP contribution in [-0.4, -0.2) is 53.0 Å². The molecule has 0 heterocycles. The Kier molecular flexibility index (Phi) is 7.15. The highest BCUT2D eigenvalue weighted by atomic mass is 35.5. The second kappa shape index (κ2) is 9.02. The smallest absolute Gasteiger partial charge is 0.259 e. The van der Waals surface area contributed by atoms with Crippen molar-refractivity contribution in [2.45, 2.75) is 24.8 Å². The third kappa shape index (κ3) is 4.66. The van der Waals surface area contributed by atoms with Gasteiger partial charge in [-0.25, -0.2) is 8.42 Å². The standard InChI is InChI=1S/C20H25ClN2O5S/c1-13(2)23(4)29(25,26)15-8-9-17(21)16(12-15)20(24)22(3)14-7-10-18(27-5)19(11-14)28-6/h7-13H,1-6H3. The highest BCUT2D eigenvalue weighted by molar-refractivity contribution is 7.89. The lowest BCUT2D eigenvalue weighted by Crippen LogP contribution is -2.33. The van der Waals surface area contributed by atoms with Gasteiger partial charge in [0.15, 0.2) is 11.5 Å². The van der Waals surface area contributed by atoms with Crippen LogP contribution in [0.5, 0.6) is 11.5 Å². The average Bonchev–Trinajstić information content (AvgIpc) is 2.71. The lowest BCUT2D eigenvalue weighted by Gasteiger charge is -2.22. The van der Waals surface area contributed by atoms with Gasteiger partial charge in [0.05, 0.1) is 29.7 Å². The Hall–Kier alpha value is -2.29. The first kappa shape index (κ1) is 23.0. The Labute approximate surface area is 176 Å². The summed E-state index contributed by atoms with van der Waals surface area (Å²) >= 11 is 6.22. The van der Waals surface area contributed by atoms with Crippen LogP contribution < -0.4 is 14.4 Å². The van der Waals surface area contributed by atoms with E-state index < -0.39 is 15.9 Å². The molecule has 0 atom stereocenters. The molecule has 0 aromatic heterocycles. The van der Waals surface area contributed by atoms with Crippen LogP contribution in [0, 0.1) is 0 Å². The molecule has 1 amide bonds. The highest BCUT2D eigenvalue weighted by Gasteiger charge is 2.26. The van der Waals surface area contributed by atoms with Crippen LogP contribution in [0.3, 0.4) is 0 Å². The van der Waals surface area contributed by atoms with Crippen LogP contribution in [0.25, 0.3) is 0 Å². The van der Waals surface area contributed by atoms with E-state index in [0.29, 0.717) is 17.2 Å². The second-order valence-corrected chi connectivity index (χ2v) is 9.06. The van der Waals surface area contributed by atoms with Gasteiger partial charge in [0, 0.05) is 31.9 Å². The number of rotatable bonds is 7. The van der Waals surface area contributed by atoms with Crippen molar-refractivity contribution in [1.82, 2.24) is 4.31 Å². The molecule has 0 aliphatic carbocycles. The van der Waals surface area contributed by atoms with Crippen molar-refractivity contribution in [1.29, 1.82) is 0 Å². The third-order valence-corrected chi connectivity index (χ3v) is 6.99. The van der Waals surface area contributed by atoms with Crippen molar-refractivity contribution < 1.29 is 22.7 Å². The van der Waals surface area contributed by atoms with Gasteiger partial charge in [-0.3, -0.25) is 4.79 Å². The SMILES string of the molecule is COc1ccc(N(C)C(=O)c2cc(S(=O)(=O)N(C)C(C)C)ccc2Cl)cc1OC. The molecule has 0 saturated heterocycles. The summed E-state index contributed by atoms with van der Waals surface area (Å²) in [5.74, 6) is 0.539. The molecule has 0 bridgehead atoms. The first-order chi connectivity index (χ1) is 13.5. The molecular formula is C20H25ClN2O5S. The van der Waals surface area contributed by atoms with Crippen molar-refractivity contribution in [2.75, 3.05) is 33.2 Å². The van der Waals surface area contributed by atoms with Gasteiger partial charge in [-0.2, -0.15) is 4.31 Å². The topological polar surface area (TPSA) is 76.2 Å². The van der Waals surface area contributed by atoms with E-state index in [9.17, 15) is 13.2 Å². The Morgan fingerprint density at radius 3 is 2.17 bits per heavy atom. The summed E-state index contributed by atoms with van der Waals surface area (Å²) in [5, 5.41) is 0.161. The molecule has 2 rings (SSSR count). The molecule has 158 valence electrons. The van der Waals surface area contributed by atoms with Crippen LogP contribution in [0.2, 0.25) is 5.02 Å². The summed E-state index contributed by atoms with van der Waals surface area (Å²) < 4.78 is 37.3. The number of amides is 1. The first-order valence-electron chi connectivity index (χ1n) is 8.82. The summed E-state index contributed by atoms with van der Waals surface area (Å²) in [7, 11) is 2.33. The van der Waals surface area contributed by atoms with E-state index in [4.69, 9.17) is 21.1 Å². The fourth-order valence-electron chi connectivity index (χ4n) is 2.60. The zero-order valence-corrected chi connectivity index (χ0v) is 18.8. The summed E-state index contributed by atoms with van der Waals surface area (Å²) in [4.78, 5) is 14.4. The van der Waals surface area contributed by atoms with Gasteiger partial charge in [0.1, 0.15) is 0 Å². The van der Waals surface area contributed by atoms with E-state index in [0.717, 1.165) is 0 Å². The Morgan fingerprint density at radius 1 is 1.00 bits per heavy atom. The maximum Gasteiger partial charge on any atom is 0.259 e. The van der Waals surface area contributed by atoms with Crippen molar-refractivity contribution in [3.05, 3.63) is 47.0 Å². The highest BCUT2D eigenvalue weighted by Crippen LogP contribution is 2.32. The van der Waals surface area contributed by atoms with Crippen LogP contribution in [0.15, 0.2) is 41.3 Å². The fourth-order valence-corrected chi connectivity index (χ4v) is 4.20. The van der Waals surface area contributed by atoms with Crippen LogP contribution in [-0.2, 0) is 10.0 Å². The molecule has 2 aromatic carbocycles.